The van der Waals surface area contributed by atoms with Crippen molar-refractivity contribution in [3.8, 4) is 11.5 Å². The molecule has 0 N–H and O–H groups in total. The maximum Gasteiger partial charge on any atom is 0.338 e. The molecule has 0 saturated heterocycles. The molecule has 0 fully saturated rings. The molecule has 0 unspecified atom stereocenters. The highest BCUT2D eigenvalue weighted by atomic mass is 32.2. The van der Waals surface area contributed by atoms with Gasteiger partial charge in [-0.05, 0) is 67.1 Å². The molecule has 12 nitrogen and oxygen atoms in total. The first kappa shape index (κ1) is 31.6. The van der Waals surface area contributed by atoms with E-state index in [2.05, 4.69) is 9.97 Å². The van der Waals surface area contributed by atoms with E-state index < -0.39 is 22.5 Å². The maximum absolute atomic E-state index is 14.2. The molecule has 232 valence electrons. The zero-order chi connectivity index (χ0) is 32.1. The first-order chi connectivity index (χ1) is 21.8. The molecule has 0 saturated carbocycles. The lowest BCUT2D eigenvalue weighted by Gasteiger charge is -2.27. The van der Waals surface area contributed by atoms with Crippen LogP contribution in [0.4, 0.5) is 5.69 Å². The first-order valence-corrected chi connectivity index (χ1v) is 15.6. The quantitative estimate of drug-likeness (QED) is 0.0990. The molecule has 4 aromatic rings. The lowest BCUT2D eigenvalue weighted by Crippen LogP contribution is -2.40. The molecule has 5 rings (SSSR count). The summed E-state index contributed by atoms with van der Waals surface area (Å²) in [6, 6.07) is 10.6. The Morgan fingerprint density at radius 1 is 1.13 bits per heavy atom. The van der Waals surface area contributed by atoms with Crippen molar-refractivity contribution in [1.29, 1.82) is 0 Å². The van der Waals surface area contributed by atoms with Gasteiger partial charge in [0.05, 0.1) is 46.4 Å². The van der Waals surface area contributed by atoms with Crippen molar-refractivity contribution < 1.29 is 23.9 Å². The van der Waals surface area contributed by atoms with Gasteiger partial charge >= 0.3 is 5.97 Å². The Labute approximate surface area is 265 Å². The van der Waals surface area contributed by atoms with Gasteiger partial charge in [0.15, 0.2) is 9.96 Å². The van der Waals surface area contributed by atoms with E-state index in [9.17, 15) is 19.7 Å². The van der Waals surface area contributed by atoms with Crippen LogP contribution in [-0.2, 0) is 9.53 Å². The number of methoxy groups -OCH3 is 2. The minimum absolute atomic E-state index is 0.136. The van der Waals surface area contributed by atoms with Crippen LogP contribution in [0.2, 0.25) is 0 Å². The largest absolute Gasteiger partial charge is 0.497 e. The summed E-state index contributed by atoms with van der Waals surface area (Å²) >= 11 is 2.20. The second-order valence-corrected chi connectivity index (χ2v) is 11.7. The SMILES string of the molecule is CCCC1=C(C(=O)OCC)[C@@H](c2cc(OC)ccc2OC)n2c(s/c(=C\c3ccc(Sc4ncccn4)c([N+](=O)[O-])c3)c2=O)=N1. The number of carbonyl (C=O) groups excluding carboxylic acids is 1. The summed E-state index contributed by atoms with van der Waals surface area (Å²) in [5, 5.41) is 12.4. The average molecular weight is 648 g/mol. The highest BCUT2D eigenvalue weighted by molar-refractivity contribution is 7.99. The second-order valence-electron chi connectivity index (χ2n) is 9.64. The Kier molecular flexibility index (Phi) is 9.74. The van der Waals surface area contributed by atoms with Crippen molar-refractivity contribution in [1.82, 2.24) is 14.5 Å². The van der Waals surface area contributed by atoms with Crippen molar-refractivity contribution in [2.75, 3.05) is 20.8 Å². The Balaban J connectivity index is 1.71. The van der Waals surface area contributed by atoms with Crippen LogP contribution in [0.1, 0.15) is 43.9 Å². The van der Waals surface area contributed by atoms with Crippen LogP contribution in [0.15, 0.2) is 86.0 Å². The molecule has 45 heavy (non-hydrogen) atoms. The molecule has 3 heterocycles. The summed E-state index contributed by atoms with van der Waals surface area (Å²) in [5.74, 6) is 0.373. The van der Waals surface area contributed by atoms with E-state index in [4.69, 9.17) is 19.2 Å². The predicted molar refractivity (Wildman–Crippen MR) is 168 cm³/mol. The highest BCUT2D eigenvalue weighted by Crippen LogP contribution is 2.39. The number of fused-ring (bicyclic) bond motifs is 1. The lowest BCUT2D eigenvalue weighted by molar-refractivity contribution is -0.387. The van der Waals surface area contributed by atoms with Crippen LogP contribution in [0.25, 0.3) is 6.08 Å². The molecule has 14 heteroatoms. The van der Waals surface area contributed by atoms with Gasteiger partial charge in [-0.25, -0.2) is 19.8 Å². The summed E-state index contributed by atoms with van der Waals surface area (Å²) in [6.07, 6.45) is 5.86. The van der Waals surface area contributed by atoms with Crippen LogP contribution in [-0.4, -0.2) is 46.3 Å². The number of allylic oxidation sites excluding steroid dienone is 1. The molecule has 0 aliphatic carbocycles. The number of hydrogen-bond donors (Lipinski definition) is 0. The molecular formula is C31H29N5O7S2. The van der Waals surface area contributed by atoms with Gasteiger partial charge in [-0.1, -0.05) is 30.7 Å². The standard InChI is InChI=1S/C31H29N5O7S2/c1-5-8-21-26(29(38)43-6-2)27(20-17-19(41-3)10-11-23(20)42-4)35-28(37)25(45-31(35)34-21)16-18-9-12-24(22(15-18)36(39)40)44-30-32-13-7-14-33-30/h7,9-17,27H,5-6,8H2,1-4H3/b25-16-/t27-/m1/s1. The summed E-state index contributed by atoms with van der Waals surface area (Å²) in [7, 11) is 3.03. The van der Waals surface area contributed by atoms with Gasteiger partial charge in [0.2, 0.25) is 0 Å². The van der Waals surface area contributed by atoms with Crippen LogP contribution < -0.4 is 24.4 Å². The number of aromatic nitrogens is 3. The summed E-state index contributed by atoms with van der Waals surface area (Å²) in [6.45, 7) is 3.82. The normalized spacial score (nSPS) is 14.5. The van der Waals surface area contributed by atoms with Crippen LogP contribution in [0.5, 0.6) is 11.5 Å². The molecule has 0 spiro atoms. The third-order valence-corrected chi connectivity index (χ3v) is 8.79. The van der Waals surface area contributed by atoms with Gasteiger partial charge in [-0.3, -0.25) is 19.5 Å². The van der Waals surface area contributed by atoms with E-state index in [0.29, 0.717) is 56.0 Å². The van der Waals surface area contributed by atoms with E-state index in [1.807, 2.05) is 6.92 Å². The van der Waals surface area contributed by atoms with E-state index in [-0.39, 0.29) is 22.4 Å². The third kappa shape index (κ3) is 6.51. The van der Waals surface area contributed by atoms with E-state index >= 15 is 0 Å². The first-order valence-electron chi connectivity index (χ1n) is 14.0. The Hall–Kier alpha value is -4.82. The number of nitro benzene ring substituents is 1. The number of nitro groups is 1. The van der Waals surface area contributed by atoms with Crippen molar-refractivity contribution in [3.63, 3.8) is 0 Å². The van der Waals surface area contributed by atoms with Crippen molar-refractivity contribution in [2.45, 2.75) is 42.8 Å². The summed E-state index contributed by atoms with van der Waals surface area (Å²) in [5.41, 5.74) is 1.14. The number of ether oxygens (including phenoxy) is 3. The number of benzene rings is 2. The van der Waals surface area contributed by atoms with Crippen LogP contribution in [0, 0.1) is 10.1 Å². The summed E-state index contributed by atoms with van der Waals surface area (Å²) < 4.78 is 18.3. The topological polar surface area (TPSA) is 148 Å². The molecule has 1 aliphatic rings. The molecule has 0 amide bonds. The minimum atomic E-state index is -0.923. The fraction of sp³-hybridized carbons (Fsp3) is 0.258. The van der Waals surface area contributed by atoms with Gasteiger partial charge in [-0.15, -0.1) is 0 Å². The number of thiazole rings is 1. The highest BCUT2D eigenvalue weighted by Gasteiger charge is 2.36. The smallest absolute Gasteiger partial charge is 0.338 e. The van der Waals surface area contributed by atoms with Crippen molar-refractivity contribution in [2.24, 2.45) is 4.99 Å². The van der Waals surface area contributed by atoms with Gasteiger partial charge in [-0.2, -0.15) is 0 Å². The number of esters is 1. The zero-order valence-electron chi connectivity index (χ0n) is 24.9. The van der Waals surface area contributed by atoms with Gasteiger partial charge < -0.3 is 14.2 Å². The molecule has 2 aromatic carbocycles. The van der Waals surface area contributed by atoms with Crippen molar-refractivity contribution >= 4 is 40.8 Å². The fourth-order valence-electron chi connectivity index (χ4n) is 4.91. The molecule has 1 atom stereocenters. The Morgan fingerprint density at radius 2 is 1.91 bits per heavy atom. The molecule has 0 bridgehead atoms. The number of carbonyl (C=O) groups is 1. The second kappa shape index (κ2) is 13.9. The average Bonchev–Trinajstić information content (AvgIpc) is 3.35. The van der Waals surface area contributed by atoms with E-state index in [1.54, 1.807) is 61.8 Å². The maximum atomic E-state index is 14.2. The molecular weight excluding hydrogens is 619 g/mol. The molecule has 1 aliphatic heterocycles. The fourth-order valence-corrected chi connectivity index (χ4v) is 6.73. The number of hydrogen-bond acceptors (Lipinski definition) is 12. The summed E-state index contributed by atoms with van der Waals surface area (Å²) in [4.78, 5) is 52.9. The van der Waals surface area contributed by atoms with Gasteiger partial charge in [0.1, 0.15) is 17.5 Å². The van der Waals surface area contributed by atoms with Crippen molar-refractivity contribution in [3.05, 3.63) is 107 Å². The lowest BCUT2D eigenvalue weighted by atomic mass is 9.93. The Bertz CT molecular complexity index is 1970. The third-order valence-electron chi connectivity index (χ3n) is 6.84. The Morgan fingerprint density at radius 3 is 2.58 bits per heavy atom. The minimum Gasteiger partial charge on any atom is -0.497 e. The predicted octanol–water partition coefficient (Wildman–Crippen LogP) is 4.45. The van der Waals surface area contributed by atoms with Crippen LogP contribution >= 0.6 is 23.1 Å². The molecule has 0 radical (unpaired) electrons. The van der Waals surface area contributed by atoms with E-state index in [1.165, 1.54) is 24.9 Å². The zero-order valence-corrected chi connectivity index (χ0v) is 26.5. The number of rotatable bonds is 11. The van der Waals surface area contributed by atoms with Crippen LogP contribution in [0.3, 0.4) is 0 Å². The molecule has 2 aromatic heterocycles. The van der Waals surface area contributed by atoms with Gasteiger partial charge in [0.25, 0.3) is 11.2 Å². The monoisotopic (exact) mass is 647 g/mol. The number of nitrogens with zero attached hydrogens (tertiary/aromatic N) is 5. The van der Waals surface area contributed by atoms with E-state index in [0.717, 1.165) is 23.1 Å². The van der Waals surface area contributed by atoms with Gasteiger partial charge in [0, 0.05) is 24.0 Å².